The lowest BCUT2D eigenvalue weighted by atomic mass is 10.1. The first-order chi connectivity index (χ1) is 14.1. The van der Waals surface area contributed by atoms with Crippen molar-refractivity contribution >= 4 is 23.2 Å². The Bertz CT molecular complexity index is 984. The highest BCUT2D eigenvalue weighted by Crippen LogP contribution is 2.27. The lowest BCUT2D eigenvalue weighted by molar-refractivity contribution is -0.122. The smallest absolute Gasteiger partial charge is 0.229 e. The molecule has 148 valence electrons. The molecule has 4 rings (SSSR count). The summed E-state index contributed by atoms with van der Waals surface area (Å²) in [4.78, 5) is 30.6. The van der Waals surface area contributed by atoms with Gasteiger partial charge in [0.05, 0.1) is 19.6 Å². The van der Waals surface area contributed by atoms with Crippen LogP contribution in [0.5, 0.6) is 5.75 Å². The monoisotopic (exact) mass is 391 g/mol. The predicted octanol–water partition coefficient (Wildman–Crippen LogP) is 2.33. The molecule has 2 amide bonds. The van der Waals surface area contributed by atoms with Crippen LogP contribution in [-0.2, 0) is 16.1 Å². The molecule has 0 unspecified atom stereocenters. The van der Waals surface area contributed by atoms with Crippen molar-refractivity contribution in [3.8, 4) is 5.75 Å². The summed E-state index contributed by atoms with van der Waals surface area (Å²) < 4.78 is 6.87. The van der Waals surface area contributed by atoms with E-state index in [0.29, 0.717) is 18.8 Å². The summed E-state index contributed by atoms with van der Waals surface area (Å²) in [6, 6.07) is 14.8. The largest absolute Gasteiger partial charge is 0.497 e. The zero-order valence-corrected chi connectivity index (χ0v) is 16.0. The van der Waals surface area contributed by atoms with E-state index in [9.17, 15) is 9.59 Å². The summed E-state index contributed by atoms with van der Waals surface area (Å²) in [7, 11) is 1.59. The highest BCUT2D eigenvalue weighted by molar-refractivity contribution is 6.03. The highest BCUT2D eigenvalue weighted by Gasteiger charge is 2.35. The summed E-state index contributed by atoms with van der Waals surface area (Å²) in [6.45, 7) is 0.976. The van der Waals surface area contributed by atoms with Gasteiger partial charge in [0.1, 0.15) is 18.4 Å². The van der Waals surface area contributed by atoms with Gasteiger partial charge < -0.3 is 15.0 Å². The van der Waals surface area contributed by atoms with Crippen LogP contribution in [0.2, 0.25) is 0 Å². The molecule has 0 aliphatic carbocycles. The molecule has 1 saturated heterocycles. The van der Waals surface area contributed by atoms with Gasteiger partial charge in [-0.3, -0.25) is 9.59 Å². The molecule has 2 aromatic carbocycles. The van der Waals surface area contributed by atoms with Crippen molar-refractivity contribution in [3.63, 3.8) is 0 Å². The highest BCUT2D eigenvalue weighted by atomic mass is 16.5. The second-order valence-electron chi connectivity index (χ2n) is 6.88. The summed E-state index contributed by atoms with van der Waals surface area (Å²) in [6.07, 6.45) is 3.34. The number of nitrogens with one attached hydrogen (secondary N) is 1. The lowest BCUT2D eigenvalue weighted by Gasteiger charge is -2.17. The van der Waals surface area contributed by atoms with Crippen molar-refractivity contribution in [2.24, 2.45) is 5.92 Å². The van der Waals surface area contributed by atoms with Gasteiger partial charge in [-0.25, -0.2) is 9.67 Å². The maximum atomic E-state index is 12.6. The number of hydrogen-bond acceptors (Lipinski definition) is 5. The van der Waals surface area contributed by atoms with Crippen molar-refractivity contribution in [3.05, 3.63) is 66.7 Å². The molecule has 8 heteroatoms. The zero-order valence-electron chi connectivity index (χ0n) is 16.0. The molecule has 1 aliphatic heterocycles. The molecule has 1 atom stereocenters. The molecule has 8 nitrogen and oxygen atoms in total. The fraction of sp³-hybridized carbons (Fsp3) is 0.238. The molecular weight excluding hydrogens is 370 g/mol. The minimum Gasteiger partial charge on any atom is -0.497 e. The van der Waals surface area contributed by atoms with Gasteiger partial charge in [0.25, 0.3) is 0 Å². The van der Waals surface area contributed by atoms with Crippen LogP contribution in [0, 0.1) is 5.92 Å². The maximum absolute atomic E-state index is 12.6. The molecule has 29 heavy (non-hydrogen) atoms. The second-order valence-corrected chi connectivity index (χ2v) is 6.88. The fourth-order valence-corrected chi connectivity index (χ4v) is 3.33. The van der Waals surface area contributed by atoms with Crippen molar-refractivity contribution in [1.82, 2.24) is 14.8 Å². The van der Waals surface area contributed by atoms with Crippen LogP contribution in [-0.4, -0.2) is 40.2 Å². The summed E-state index contributed by atoms with van der Waals surface area (Å²) >= 11 is 0. The third-order valence-corrected chi connectivity index (χ3v) is 4.91. The Morgan fingerprint density at radius 1 is 1.17 bits per heavy atom. The molecule has 3 aromatic rings. The average molecular weight is 391 g/mol. The van der Waals surface area contributed by atoms with E-state index in [-0.39, 0.29) is 24.2 Å². The quantitative estimate of drug-likeness (QED) is 0.697. The fourth-order valence-electron chi connectivity index (χ4n) is 3.33. The summed E-state index contributed by atoms with van der Waals surface area (Å²) in [5.41, 5.74) is 2.52. The topological polar surface area (TPSA) is 89.3 Å². The van der Waals surface area contributed by atoms with E-state index in [2.05, 4.69) is 15.4 Å². The van der Waals surface area contributed by atoms with E-state index < -0.39 is 0 Å². The molecule has 2 heterocycles. The lowest BCUT2D eigenvalue weighted by Crippen LogP contribution is -2.28. The van der Waals surface area contributed by atoms with Gasteiger partial charge in [0.2, 0.25) is 11.8 Å². The first kappa shape index (κ1) is 18.7. The van der Waals surface area contributed by atoms with Crippen LogP contribution in [0.15, 0.2) is 61.2 Å². The molecule has 0 radical (unpaired) electrons. The van der Waals surface area contributed by atoms with Crippen LogP contribution in [0.1, 0.15) is 12.0 Å². The van der Waals surface area contributed by atoms with Crippen molar-refractivity contribution in [2.45, 2.75) is 13.0 Å². The van der Waals surface area contributed by atoms with Gasteiger partial charge in [-0.15, -0.1) is 0 Å². The number of carbonyl (C=O) groups is 2. The number of amides is 2. The molecule has 1 fully saturated rings. The molecule has 1 N–H and O–H groups in total. The Morgan fingerprint density at radius 2 is 1.93 bits per heavy atom. The predicted molar refractivity (Wildman–Crippen MR) is 108 cm³/mol. The van der Waals surface area contributed by atoms with E-state index in [1.165, 1.54) is 6.33 Å². The van der Waals surface area contributed by atoms with Crippen LogP contribution < -0.4 is 15.0 Å². The molecule has 1 aliphatic rings. The Labute approximate surface area is 168 Å². The van der Waals surface area contributed by atoms with E-state index in [1.54, 1.807) is 35.2 Å². The van der Waals surface area contributed by atoms with Gasteiger partial charge in [0, 0.05) is 24.3 Å². The number of aromatic nitrogens is 3. The van der Waals surface area contributed by atoms with Gasteiger partial charge >= 0.3 is 0 Å². The average Bonchev–Trinajstić information content (AvgIpc) is 3.39. The number of rotatable bonds is 6. The van der Waals surface area contributed by atoms with Crippen LogP contribution >= 0.6 is 0 Å². The number of benzene rings is 2. The van der Waals surface area contributed by atoms with Gasteiger partial charge in [-0.2, -0.15) is 5.10 Å². The molecule has 1 aromatic heterocycles. The Hall–Kier alpha value is -3.68. The summed E-state index contributed by atoms with van der Waals surface area (Å²) in [5.74, 6) is 0.123. The minimum absolute atomic E-state index is 0.0569. The number of methoxy groups -OCH3 is 1. The van der Waals surface area contributed by atoms with E-state index in [4.69, 9.17) is 4.74 Å². The Kier molecular flexibility index (Phi) is 5.24. The molecular formula is C21H21N5O3. The zero-order chi connectivity index (χ0) is 20.2. The van der Waals surface area contributed by atoms with Gasteiger partial charge in [0.15, 0.2) is 0 Å². The van der Waals surface area contributed by atoms with E-state index in [0.717, 1.165) is 17.0 Å². The maximum Gasteiger partial charge on any atom is 0.229 e. The van der Waals surface area contributed by atoms with Crippen LogP contribution in [0.4, 0.5) is 11.4 Å². The standard InChI is InChI=1S/C21H21N5O3/c1-29-19-8-6-18(7-9-19)26-12-16(10-20(26)27)21(28)24-17-4-2-15(3-5-17)11-25-14-22-13-23-25/h2-9,13-14,16H,10-12H2,1H3,(H,24,28)/t16-/m1/s1. The summed E-state index contributed by atoms with van der Waals surface area (Å²) in [5, 5.41) is 6.98. The SMILES string of the molecule is COc1ccc(N2C[C@H](C(=O)Nc3ccc(Cn4cncn4)cc3)CC2=O)cc1. The molecule has 0 spiro atoms. The van der Waals surface area contributed by atoms with Crippen LogP contribution in [0.3, 0.4) is 0 Å². The van der Waals surface area contributed by atoms with Gasteiger partial charge in [-0.05, 0) is 42.0 Å². The number of anilines is 2. The molecule has 0 bridgehead atoms. The number of carbonyl (C=O) groups excluding carboxylic acids is 2. The van der Waals surface area contributed by atoms with Crippen LogP contribution in [0.25, 0.3) is 0 Å². The van der Waals surface area contributed by atoms with Crippen molar-refractivity contribution in [1.29, 1.82) is 0 Å². The van der Waals surface area contributed by atoms with E-state index in [1.807, 2.05) is 36.4 Å². The number of hydrogen-bond donors (Lipinski definition) is 1. The number of ether oxygens (including phenoxy) is 1. The minimum atomic E-state index is -0.389. The van der Waals surface area contributed by atoms with Crippen molar-refractivity contribution < 1.29 is 14.3 Å². The molecule has 0 saturated carbocycles. The normalized spacial score (nSPS) is 16.1. The number of nitrogens with zero attached hydrogens (tertiary/aromatic N) is 4. The first-order valence-corrected chi connectivity index (χ1v) is 9.29. The first-order valence-electron chi connectivity index (χ1n) is 9.29. The second kappa shape index (κ2) is 8.14. The van der Waals surface area contributed by atoms with Crippen molar-refractivity contribution in [2.75, 3.05) is 23.9 Å². The third-order valence-electron chi connectivity index (χ3n) is 4.91. The van der Waals surface area contributed by atoms with Gasteiger partial charge in [-0.1, -0.05) is 12.1 Å². The Morgan fingerprint density at radius 3 is 2.59 bits per heavy atom. The third kappa shape index (κ3) is 4.26. The Balaban J connectivity index is 1.36. The van der Waals surface area contributed by atoms with E-state index >= 15 is 0 Å².